The van der Waals surface area contributed by atoms with Crippen molar-refractivity contribution in [3.63, 3.8) is 0 Å². The van der Waals surface area contributed by atoms with E-state index < -0.39 is 11.1 Å². The summed E-state index contributed by atoms with van der Waals surface area (Å²) in [6.45, 7) is 0.317. The number of nitrogens with one attached hydrogen (secondary N) is 1. The fourth-order valence-corrected chi connectivity index (χ4v) is 4.93. The molecule has 7 nitrogen and oxygen atoms in total. The molecule has 0 radical (unpaired) electrons. The second-order valence-electron chi connectivity index (χ2n) is 8.17. The maximum atomic E-state index is 13.4. The van der Waals surface area contributed by atoms with E-state index in [2.05, 4.69) is 10.3 Å². The number of hydrogen-bond donors (Lipinski definition) is 1. The molecule has 1 aliphatic heterocycles. The summed E-state index contributed by atoms with van der Waals surface area (Å²) in [4.78, 5) is 32.0. The monoisotopic (exact) mass is 525 g/mol. The van der Waals surface area contributed by atoms with Gasteiger partial charge in [-0.2, -0.15) is 0 Å². The Bertz CT molecular complexity index is 1300. The third kappa shape index (κ3) is 6.65. The summed E-state index contributed by atoms with van der Waals surface area (Å²) in [7, 11) is 3.11. The summed E-state index contributed by atoms with van der Waals surface area (Å²) in [5, 5.41) is 2.42. The highest BCUT2D eigenvalue weighted by Crippen LogP contribution is 2.33. The fraction of sp³-hybridized carbons (Fsp3) is 0.222. The maximum Gasteiger partial charge on any atom is 0.242 e. The number of ether oxygens (including phenoxy) is 2. The van der Waals surface area contributed by atoms with Crippen molar-refractivity contribution in [3.05, 3.63) is 83.9 Å². The molecule has 10 heteroatoms. The van der Waals surface area contributed by atoms with Crippen LogP contribution in [0.15, 0.2) is 71.7 Å². The van der Waals surface area contributed by atoms with Gasteiger partial charge in [0.1, 0.15) is 16.9 Å². The molecule has 1 fully saturated rings. The lowest BCUT2D eigenvalue weighted by Gasteiger charge is -2.17. The molecule has 0 aliphatic carbocycles. The van der Waals surface area contributed by atoms with E-state index in [9.17, 15) is 18.4 Å². The molecule has 1 N–H and O–H groups in total. The van der Waals surface area contributed by atoms with E-state index in [-0.39, 0.29) is 24.1 Å². The van der Waals surface area contributed by atoms with Crippen LogP contribution >= 0.6 is 11.8 Å². The first-order chi connectivity index (χ1) is 17.9. The number of amides is 2. The first-order valence-electron chi connectivity index (χ1n) is 11.4. The molecule has 1 aliphatic rings. The van der Waals surface area contributed by atoms with Crippen LogP contribution in [0.2, 0.25) is 0 Å². The Kier molecular flexibility index (Phi) is 8.39. The van der Waals surface area contributed by atoms with Gasteiger partial charge < -0.3 is 14.8 Å². The van der Waals surface area contributed by atoms with E-state index >= 15 is 0 Å². The number of methoxy groups -OCH3 is 2. The molecule has 1 atom stereocenters. The Hall–Kier alpha value is -3.92. The number of hydrogen-bond acceptors (Lipinski definition) is 6. The van der Waals surface area contributed by atoms with Gasteiger partial charge in [-0.05, 0) is 72.6 Å². The minimum absolute atomic E-state index is 0.0871. The molecule has 0 spiro atoms. The Labute approximate surface area is 217 Å². The molecule has 3 aromatic carbocycles. The molecule has 4 rings (SSSR count). The molecule has 1 unspecified atom stereocenters. The third-order valence-corrected chi connectivity index (χ3v) is 6.82. The summed E-state index contributed by atoms with van der Waals surface area (Å²) < 4.78 is 37.2. The van der Waals surface area contributed by atoms with Crippen LogP contribution in [0.25, 0.3) is 0 Å². The number of anilines is 1. The lowest BCUT2D eigenvalue weighted by atomic mass is 10.1. The molecule has 0 bridgehead atoms. The summed E-state index contributed by atoms with van der Waals surface area (Å²) >= 11 is 1.18. The normalized spacial score (nSPS) is 16.2. The predicted octanol–water partition coefficient (Wildman–Crippen LogP) is 5.19. The molecule has 37 heavy (non-hydrogen) atoms. The van der Waals surface area contributed by atoms with E-state index in [0.29, 0.717) is 41.0 Å². The minimum Gasteiger partial charge on any atom is -0.493 e. The number of halogens is 2. The van der Waals surface area contributed by atoms with Gasteiger partial charge in [0.25, 0.3) is 0 Å². The van der Waals surface area contributed by atoms with E-state index in [0.717, 1.165) is 5.56 Å². The summed E-state index contributed by atoms with van der Waals surface area (Å²) in [5.74, 6) is -0.241. The average molecular weight is 526 g/mol. The van der Waals surface area contributed by atoms with Crippen molar-refractivity contribution >= 4 is 40.1 Å². The van der Waals surface area contributed by atoms with Crippen molar-refractivity contribution in [3.8, 4) is 11.5 Å². The molecule has 0 saturated carbocycles. The highest BCUT2D eigenvalue weighted by Gasteiger charge is 2.39. The zero-order valence-corrected chi connectivity index (χ0v) is 21.1. The lowest BCUT2D eigenvalue weighted by Crippen LogP contribution is -2.35. The first kappa shape index (κ1) is 26.2. The molecular formula is C27H25F2N3O4S. The highest BCUT2D eigenvalue weighted by atomic mass is 32.2. The van der Waals surface area contributed by atoms with E-state index in [1.54, 1.807) is 25.2 Å². The summed E-state index contributed by atoms with van der Waals surface area (Å²) in [6.07, 6.45) is 0.416. The van der Waals surface area contributed by atoms with Gasteiger partial charge >= 0.3 is 0 Å². The number of carbonyl (C=O) groups excluding carboxylic acids is 2. The van der Waals surface area contributed by atoms with Gasteiger partial charge in [0.05, 0.1) is 19.9 Å². The topological polar surface area (TPSA) is 80.2 Å². The molecular weight excluding hydrogens is 500 g/mol. The minimum atomic E-state index is -0.690. The van der Waals surface area contributed by atoms with Crippen LogP contribution in [0.3, 0.4) is 0 Å². The van der Waals surface area contributed by atoms with Gasteiger partial charge in [0, 0.05) is 18.7 Å². The number of nitrogens with zero attached hydrogens (tertiary/aromatic N) is 2. The van der Waals surface area contributed by atoms with Crippen LogP contribution in [0.1, 0.15) is 12.0 Å². The second-order valence-corrected chi connectivity index (χ2v) is 9.34. The van der Waals surface area contributed by atoms with Crippen LogP contribution in [0, 0.1) is 11.6 Å². The van der Waals surface area contributed by atoms with Crippen LogP contribution in [-0.2, 0) is 16.0 Å². The fourth-order valence-electron chi connectivity index (χ4n) is 3.75. The van der Waals surface area contributed by atoms with Gasteiger partial charge in [-0.1, -0.05) is 17.8 Å². The summed E-state index contributed by atoms with van der Waals surface area (Å²) in [6, 6.07) is 16.6. The number of carbonyl (C=O) groups is 2. The Morgan fingerprint density at radius 3 is 2.27 bits per heavy atom. The zero-order chi connectivity index (χ0) is 26.4. The Morgan fingerprint density at radius 1 is 0.973 bits per heavy atom. The Balaban J connectivity index is 1.51. The lowest BCUT2D eigenvalue weighted by molar-refractivity contribution is -0.128. The van der Waals surface area contributed by atoms with Gasteiger partial charge in [-0.15, -0.1) is 0 Å². The quantitative estimate of drug-likeness (QED) is 0.416. The van der Waals surface area contributed by atoms with E-state index in [1.807, 2.05) is 12.1 Å². The molecule has 1 heterocycles. The molecule has 3 aromatic rings. The largest absolute Gasteiger partial charge is 0.493 e. The van der Waals surface area contributed by atoms with Gasteiger partial charge in [-0.25, -0.2) is 13.8 Å². The predicted molar refractivity (Wildman–Crippen MR) is 139 cm³/mol. The second kappa shape index (κ2) is 11.9. The van der Waals surface area contributed by atoms with Crippen LogP contribution in [0.4, 0.5) is 20.2 Å². The third-order valence-electron chi connectivity index (χ3n) is 5.64. The average Bonchev–Trinajstić information content (AvgIpc) is 3.18. The number of aliphatic imine (C=N–C) groups is 1. The number of amidine groups is 1. The van der Waals surface area contributed by atoms with Crippen molar-refractivity contribution in [2.75, 3.05) is 26.1 Å². The smallest absolute Gasteiger partial charge is 0.242 e. The van der Waals surface area contributed by atoms with Crippen LogP contribution in [0.5, 0.6) is 11.5 Å². The van der Waals surface area contributed by atoms with Crippen LogP contribution < -0.4 is 14.8 Å². The molecule has 0 aromatic heterocycles. The van der Waals surface area contributed by atoms with Crippen molar-refractivity contribution in [1.82, 2.24) is 4.90 Å². The van der Waals surface area contributed by atoms with Gasteiger partial charge in [0.15, 0.2) is 16.7 Å². The maximum absolute atomic E-state index is 13.4. The molecule has 192 valence electrons. The SMILES string of the molecule is COc1ccc(CCN2C(=O)C(CC(=O)Nc3ccc(F)cc3)SC2=Nc2ccc(F)cc2)cc1OC. The molecule has 1 saturated heterocycles. The van der Waals surface area contributed by atoms with Crippen molar-refractivity contribution < 1.29 is 27.8 Å². The standard InChI is InChI=1S/C27H25F2N3O4S/c1-35-22-12-3-17(15-23(22)36-2)13-14-32-26(34)24(16-25(33)30-20-8-4-18(28)5-9-20)37-27(32)31-21-10-6-19(29)7-11-21/h3-12,15,24H,13-14,16H2,1-2H3,(H,30,33). The highest BCUT2D eigenvalue weighted by molar-refractivity contribution is 8.15. The van der Waals surface area contributed by atoms with E-state index in [1.165, 1.54) is 60.3 Å². The zero-order valence-electron chi connectivity index (χ0n) is 20.2. The van der Waals surface area contributed by atoms with Crippen molar-refractivity contribution in [1.29, 1.82) is 0 Å². The summed E-state index contributed by atoms with van der Waals surface area (Å²) in [5.41, 5.74) is 1.85. The first-order valence-corrected chi connectivity index (χ1v) is 12.3. The molecule has 2 amide bonds. The van der Waals surface area contributed by atoms with Crippen molar-refractivity contribution in [2.45, 2.75) is 18.1 Å². The van der Waals surface area contributed by atoms with E-state index in [4.69, 9.17) is 9.47 Å². The van der Waals surface area contributed by atoms with Gasteiger partial charge in [0.2, 0.25) is 11.8 Å². The van der Waals surface area contributed by atoms with Gasteiger partial charge in [-0.3, -0.25) is 14.5 Å². The number of rotatable bonds is 9. The number of benzene rings is 3. The number of thioether (sulfide) groups is 1. The Morgan fingerprint density at radius 2 is 1.62 bits per heavy atom. The van der Waals surface area contributed by atoms with Crippen LogP contribution in [-0.4, -0.2) is 47.9 Å². The van der Waals surface area contributed by atoms with Crippen molar-refractivity contribution in [2.24, 2.45) is 4.99 Å².